The number of rotatable bonds is 5. The fourth-order valence-corrected chi connectivity index (χ4v) is 1.40. The van der Waals surface area contributed by atoms with Gasteiger partial charge in [-0.15, -0.1) is 0 Å². The van der Waals surface area contributed by atoms with E-state index in [0.717, 1.165) is 4.47 Å². The van der Waals surface area contributed by atoms with Crippen LogP contribution in [0.2, 0.25) is 0 Å². The summed E-state index contributed by atoms with van der Waals surface area (Å²) in [6, 6.07) is 6.64. The van der Waals surface area contributed by atoms with Crippen LogP contribution in [-0.4, -0.2) is 23.8 Å². The second kappa shape index (κ2) is 6.05. The van der Waals surface area contributed by atoms with Crippen molar-refractivity contribution >= 4 is 27.6 Å². The zero-order valence-corrected chi connectivity index (χ0v) is 10.5. The van der Waals surface area contributed by atoms with Crippen LogP contribution in [-0.2, 0) is 4.79 Å². The molecule has 0 aliphatic heterocycles. The molecule has 0 amide bonds. The van der Waals surface area contributed by atoms with Gasteiger partial charge in [0.05, 0.1) is 0 Å². The molecule has 0 saturated carbocycles. The van der Waals surface area contributed by atoms with Crippen LogP contribution in [0, 0.1) is 5.92 Å². The second-order valence-electron chi connectivity index (χ2n) is 3.45. The molecule has 4 nitrogen and oxygen atoms in total. The van der Waals surface area contributed by atoms with Crippen molar-refractivity contribution in [2.45, 2.75) is 6.18 Å². The highest BCUT2D eigenvalue weighted by Crippen LogP contribution is 2.25. The number of carbonyl (C=O) groups is 1. The van der Waals surface area contributed by atoms with E-state index in [0.29, 0.717) is 5.69 Å². The lowest BCUT2D eigenvalue weighted by atomic mass is 10.1. The molecule has 1 aromatic carbocycles. The normalized spacial score (nSPS) is 13.1. The zero-order valence-electron chi connectivity index (χ0n) is 8.96. The summed E-state index contributed by atoms with van der Waals surface area (Å²) in [7, 11) is 0. The van der Waals surface area contributed by atoms with Gasteiger partial charge in [0.2, 0.25) is 0 Å². The quantitative estimate of drug-likeness (QED) is 0.728. The van der Waals surface area contributed by atoms with E-state index in [4.69, 9.17) is 5.11 Å². The Morgan fingerprint density at radius 2 is 1.89 bits per heavy atom. The average molecular weight is 327 g/mol. The van der Waals surface area contributed by atoms with E-state index >= 15 is 0 Å². The number of hydrogen-bond donors (Lipinski definition) is 3. The minimum Gasteiger partial charge on any atom is -0.481 e. The van der Waals surface area contributed by atoms with E-state index in [1.807, 2.05) is 0 Å². The predicted molar refractivity (Wildman–Crippen MR) is 62.9 cm³/mol. The molecule has 0 aromatic heterocycles. The molecule has 1 rings (SSSR count). The first-order valence-corrected chi connectivity index (χ1v) is 5.64. The van der Waals surface area contributed by atoms with Gasteiger partial charge in [-0.05, 0) is 24.3 Å². The number of halogens is 4. The van der Waals surface area contributed by atoms with Gasteiger partial charge in [-0.25, -0.2) is 5.43 Å². The molecule has 100 valence electrons. The Kier molecular flexibility index (Phi) is 4.97. The van der Waals surface area contributed by atoms with Crippen LogP contribution in [0.25, 0.3) is 0 Å². The van der Waals surface area contributed by atoms with Gasteiger partial charge in [-0.3, -0.25) is 4.79 Å². The van der Waals surface area contributed by atoms with Crippen LogP contribution >= 0.6 is 15.9 Å². The molecule has 0 saturated heterocycles. The lowest BCUT2D eigenvalue weighted by Gasteiger charge is -2.17. The van der Waals surface area contributed by atoms with Gasteiger partial charge < -0.3 is 10.5 Å². The van der Waals surface area contributed by atoms with E-state index < -0.39 is 24.6 Å². The number of alkyl halides is 3. The maximum absolute atomic E-state index is 12.3. The van der Waals surface area contributed by atoms with Gasteiger partial charge in [0.1, 0.15) is 0 Å². The highest BCUT2D eigenvalue weighted by molar-refractivity contribution is 9.10. The minimum absolute atomic E-state index is 0.532. The smallest absolute Gasteiger partial charge is 0.403 e. The highest BCUT2D eigenvalue weighted by Gasteiger charge is 2.44. The summed E-state index contributed by atoms with van der Waals surface area (Å²) < 4.78 is 37.7. The molecule has 1 atom stereocenters. The molecule has 0 bridgehead atoms. The van der Waals surface area contributed by atoms with Crippen molar-refractivity contribution in [1.29, 1.82) is 0 Å². The number of hydrogen-bond acceptors (Lipinski definition) is 3. The van der Waals surface area contributed by atoms with Gasteiger partial charge in [-0.2, -0.15) is 13.2 Å². The summed E-state index contributed by atoms with van der Waals surface area (Å²) >= 11 is 3.21. The molecule has 18 heavy (non-hydrogen) atoms. The summed E-state index contributed by atoms with van der Waals surface area (Å²) in [5, 5.41) is 8.45. The third kappa shape index (κ3) is 4.53. The van der Waals surface area contributed by atoms with Crippen molar-refractivity contribution in [2.75, 3.05) is 12.0 Å². The molecule has 0 spiro atoms. The third-order valence-electron chi connectivity index (χ3n) is 2.08. The first kappa shape index (κ1) is 14.8. The van der Waals surface area contributed by atoms with Crippen LogP contribution in [0.5, 0.6) is 0 Å². The molecule has 1 aromatic rings. The fraction of sp³-hybridized carbons (Fsp3) is 0.300. The van der Waals surface area contributed by atoms with Gasteiger partial charge in [0.25, 0.3) is 0 Å². The van der Waals surface area contributed by atoms with Crippen molar-refractivity contribution in [3.63, 3.8) is 0 Å². The molecule has 1 unspecified atom stereocenters. The minimum atomic E-state index is -4.78. The SMILES string of the molecule is O=C(O)C(CNNc1ccc(Br)cc1)C(F)(F)F. The topological polar surface area (TPSA) is 61.4 Å². The molecule has 0 aliphatic carbocycles. The predicted octanol–water partition coefficient (Wildman–Crippen LogP) is 2.63. The summed E-state index contributed by atoms with van der Waals surface area (Å²) in [4.78, 5) is 10.4. The van der Waals surface area contributed by atoms with Gasteiger partial charge >= 0.3 is 12.1 Å². The standard InChI is InChI=1S/C10H10BrF3N2O2/c11-6-1-3-7(4-2-6)16-15-5-8(9(17)18)10(12,13)14/h1-4,8,15-16H,5H2,(H,17,18). The molecule has 3 N–H and O–H groups in total. The lowest BCUT2D eigenvalue weighted by molar-refractivity contribution is -0.192. The van der Waals surface area contributed by atoms with Gasteiger partial charge in [0.15, 0.2) is 5.92 Å². The molecule has 0 fully saturated rings. The van der Waals surface area contributed by atoms with Crippen molar-refractivity contribution in [3.05, 3.63) is 28.7 Å². The fourth-order valence-electron chi connectivity index (χ4n) is 1.13. The average Bonchev–Trinajstić information content (AvgIpc) is 2.24. The number of benzene rings is 1. The van der Waals surface area contributed by atoms with E-state index in [1.165, 1.54) is 0 Å². The summed E-state index contributed by atoms with van der Waals surface area (Å²) in [6.07, 6.45) is -4.78. The second-order valence-corrected chi connectivity index (χ2v) is 4.36. The van der Waals surface area contributed by atoms with E-state index in [2.05, 4.69) is 26.8 Å². The number of carboxylic acid groups (broad SMARTS) is 1. The summed E-state index contributed by atoms with van der Waals surface area (Å²) in [6.45, 7) is -0.755. The van der Waals surface area contributed by atoms with Crippen molar-refractivity contribution in [3.8, 4) is 0 Å². The third-order valence-corrected chi connectivity index (χ3v) is 2.61. The zero-order chi connectivity index (χ0) is 13.8. The van der Waals surface area contributed by atoms with Crippen LogP contribution in [0.3, 0.4) is 0 Å². The Bertz CT molecular complexity index is 409. The van der Waals surface area contributed by atoms with Crippen molar-refractivity contribution in [2.24, 2.45) is 5.92 Å². The maximum atomic E-state index is 12.3. The Labute approximate surface area is 109 Å². The highest BCUT2D eigenvalue weighted by atomic mass is 79.9. The Morgan fingerprint density at radius 1 is 1.33 bits per heavy atom. The number of hydrazine groups is 1. The van der Waals surface area contributed by atoms with E-state index in [-0.39, 0.29) is 0 Å². The molecular formula is C10H10BrF3N2O2. The number of carboxylic acids is 1. The number of anilines is 1. The van der Waals surface area contributed by atoms with Gasteiger partial charge in [0, 0.05) is 16.7 Å². The van der Waals surface area contributed by atoms with Gasteiger partial charge in [-0.1, -0.05) is 15.9 Å². The first-order valence-electron chi connectivity index (χ1n) is 4.84. The van der Waals surface area contributed by atoms with Crippen molar-refractivity contribution in [1.82, 2.24) is 5.43 Å². The molecule has 8 heteroatoms. The van der Waals surface area contributed by atoms with Crippen LogP contribution in [0.1, 0.15) is 0 Å². The Balaban J connectivity index is 2.49. The molecule has 0 heterocycles. The van der Waals surface area contributed by atoms with Crippen LogP contribution < -0.4 is 10.9 Å². The summed E-state index contributed by atoms with van der Waals surface area (Å²) in [5.74, 6) is -4.35. The molecule has 0 radical (unpaired) electrons. The lowest BCUT2D eigenvalue weighted by Crippen LogP contribution is -2.40. The monoisotopic (exact) mass is 326 g/mol. The molecular weight excluding hydrogens is 317 g/mol. The number of nitrogens with one attached hydrogen (secondary N) is 2. The van der Waals surface area contributed by atoms with Crippen LogP contribution in [0.15, 0.2) is 28.7 Å². The van der Waals surface area contributed by atoms with Crippen LogP contribution in [0.4, 0.5) is 18.9 Å². The summed E-state index contributed by atoms with van der Waals surface area (Å²) in [5.41, 5.74) is 5.27. The maximum Gasteiger partial charge on any atom is 0.403 e. The van der Waals surface area contributed by atoms with Crippen molar-refractivity contribution < 1.29 is 23.1 Å². The first-order chi connectivity index (χ1) is 8.30. The Morgan fingerprint density at radius 3 is 2.33 bits per heavy atom. The van der Waals surface area contributed by atoms with E-state index in [1.54, 1.807) is 24.3 Å². The molecule has 0 aliphatic rings. The Hall–Kier alpha value is -1.28. The number of aliphatic carboxylic acids is 1. The van der Waals surface area contributed by atoms with E-state index in [9.17, 15) is 18.0 Å². The largest absolute Gasteiger partial charge is 0.481 e.